The minimum absolute atomic E-state index is 0.176. The summed E-state index contributed by atoms with van der Waals surface area (Å²) in [6.45, 7) is 2.94. The fraction of sp³-hybridized carbons (Fsp3) is 0.300. The molecule has 3 rings (SSSR count). The average molecular weight is 403 g/mol. The fourth-order valence-electron chi connectivity index (χ4n) is 3.03. The van der Waals surface area contributed by atoms with Crippen LogP contribution >= 0.6 is 0 Å². The first kappa shape index (κ1) is 20.2. The number of benzene rings is 2. The topological polar surface area (TPSA) is 78.8 Å². The highest BCUT2D eigenvalue weighted by Crippen LogP contribution is 2.21. The zero-order valence-corrected chi connectivity index (χ0v) is 16.4. The molecule has 0 aliphatic carbocycles. The third kappa shape index (κ3) is 4.45. The van der Waals surface area contributed by atoms with E-state index in [1.165, 1.54) is 40.7 Å². The Hall–Kier alpha value is -2.58. The van der Waals surface area contributed by atoms with Gasteiger partial charge in [-0.25, -0.2) is 18.2 Å². The number of hydrogen-bond acceptors (Lipinski definition) is 4. The molecular formula is C20H22FN3O3S. The number of sulfonamides is 1. The summed E-state index contributed by atoms with van der Waals surface area (Å²) in [4.78, 5) is 12.5. The lowest BCUT2D eigenvalue weighted by Gasteiger charge is -2.15. The Labute approximate surface area is 164 Å². The van der Waals surface area contributed by atoms with Crippen LogP contribution in [0.3, 0.4) is 0 Å². The Kier molecular flexibility index (Phi) is 6.21. The number of carbonyl (C=O) groups is 1. The molecule has 0 saturated carbocycles. The molecule has 1 aliphatic rings. The van der Waals surface area contributed by atoms with Crippen LogP contribution in [0.15, 0.2) is 58.5 Å². The van der Waals surface area contributed by atoms with Crippen molar-refractivity contribution in [3.63, 3.8) is 0 Å². The van der Waals surface area contributed by atoms with Crippen molar-refractivity contribution in [3.05, 3.63) is 65.5 Å². The molecule has 148 valence electrons. The molecule has 0 radical (unpaired) electrons. The molecule has 1 heterocycles. The number of hydrazone groups is 1. The molecule has 0 unspecified atom stereocenters. The molecule has 1 fully saturated rings. The van der Waals surface area contributed by atoms with E-state index in [0.717, 1.165) is 18.4 Å². The van der Waals surface area contributed by atoms with Crippen molar-refractivity contribution >= 4 is 21.6 Å². The second-order valence-electron chi connectivity index (χ2n) is 6.50. The molecule has 1 N–H and O–H groups in total. The largest absolute Gasteiger partial charge is 0.271 e. The van der Waals surface area contributed by atoms with Crippen molar-refractivity contribution in [1.82, 2.24) is 9.73 Å². The normalized spacial score (nSPS) is 15.6. The third-order valence-electron chi connectivity index (χ3n) is 4.62. The molecule has 28 heavy (non-hydrogen) atoms. The number of nitrogens with zero attached hydrogens (tertiary/aromatic N) is 2. The number of hydrogen-bond donors (Lipinski definition) is 1. The maximum atomic E-state index is 13.0. The Morgan fingerprint density at radius 1 is 1.04 bits per heavy atom. The maximum absolute atomic E-state index is 13.0. The van der Waals surface area contributed by atoms with E-state index < -0.39 is 15.9 Å². The Morgan fingerprint density at radius 3 is 2.18 bits per heavy atom. The van der Waals surface area contributed by atoms with Crippen molar-refractivity contribution in [2.75, 3.05) is 13.1 Å². The maximum Gasteiger partial charge on any atom is 0.271 e. The molecule has 0 spiro atoms. The zero-order chi connectivity index (χ0) is 20.1. The van der Waals surface area contributed by atoms with E-state index in [1.54, 1.807) is 12.1 Å². The van der Waals surface area contributed by atoms with Crippen LogP contribution in [0, 0.1) is 5.82 Å². The van der Waals surface area contributed by atoms with Gasteiger partial charge in [-0.3, -0.25) is 4.79 Å². The van der Waals surface area contributed by atoms with Gasteiger partial charge in [0, 0.05) is 18.7 Å². The summed E-state index contributed by atoms with van der Waals surface area (Å²) in [5.41, 5.74) is 4.11. The Balaban J connectivity index is 1.71. The number of rotatable bonds is 6. The molecule has 0 atom stereocenters. The number of nitrogens with one attached hydrogen (secondary N) is 1. The second-order valence-corrected chi connectivity index (χ2v) is 8.43. The smallest absolute Gasteiger partial charge is 0.267 e. The summed E-state index contributed by atoms with van der Waals surface area (Å²) in [6.07, 6.45) is 2.29. The van der Waals surface area contributed by atoms with E-state index in [1.807, 2.05) is 6.92 Å². The van der Waals surface area contributed by atoms with E-state index in [4.69, 9.17) is 0 Å². The predicted octanol–water partition coefficient (Wildman–Crippen LogP) is 3.15. The number of amides is 1. The van der Waals surface area contributed by atoms with Crippen LogP contribution in [-0.4, -0.2) is 37.4 Å². The van der Waals surface area contributed by atoms with E-state index >= 15 is 0 Å². The van der Waals surface area contributed by atoms with Crippen molar-refractivity contribution in [1.29, 1.82) is 0 Å². The van der Waals surface area contributed by atoms with Crippen LogP contribution in [0.1, 0.15) is 42.1 Å². The van der Waals surface area contributed by atoms with Gasteiger partial charge in [-0.1, -0.05) is 19.1 Å². The second kappa shape index (κ2) is 8.62. The molecule has 1 aliphatic heterocycles. The monoisotopic (exact) mass is 403 g/mol. The van der Waals surface area contributed by atoms with Gasteiger partial charge in [0.15, 0.2) is 0 Å². The van der Waals surface area contributed by atoms with E-state index in [-0.39, 0.29) is 10.7 Å². The fourth-order valence-corrected chi connectivity index (χ4v) is 4.55. The van der Waals surface area contributed by atoms with Gasteiger partial charge < -0.3 is 0 Å². The van der Waals surface area contributed by atoms with Crippen molar-refractivity contribution in [2.24, 2.45) is 5.10 Å². The van der Waals surface area contributed by atoms with Crippen LogP contribution in [-0.2, 0) is 10.0 Å². The molecule has 8 heteroatoms. The summed E-state index contributed by atoms with van der Waals surface area (Å²) >= 11 is 0. The van der Waals surface area contributed by atoms with Crippen LogP contribution in [0.2, 0.25) is 0 Å². The van der Waals surface area contributed by atoms with Crippen LogP contribution in [0.5, 0.6) is 0 Å². The van der Waals surface area contributed by atoms with Gasteiger partial charge in [-0.05, 0) is 61.2 Å². The van der Waals surface area contributed by atoms with E-state index in [2.05, 4.69) is 10.5 Å². The van der Waals surface area contributed by atoms with Gasteiger partial charge in [-0.15, -0.1) is 0 Å². The van der Waals surface area contributed by atoms with Gasteiger partial charge in [0.1, 0.15) is 5.82 Å². The van der Waals surface area contributed by atoms with Crippen LogP contribution < -0.4 is 5.43 Å². The summed E-state index contributed by atoms with van der Waals surface area (Å²) < 4.78 is 39.6. The highest BCUT2D eigenvalue weighted by Gasteiger charge is 2.27. The van der Waals surface area contributed by atoms with Gasteiger partial charge >= 0.3 is 0 Å². The molecule has 1 saturated heterocycles. The molecule has 0 bridgehead atoms. The molecule has 6 nitrogen and oxygen atoms in total. The Bertz CT molecular complexity index is 965. The summed E-state index contributed by atoms with van der Waals surface area (Å²) in [7, 11) is -3.51. The minimum Gasteiger partial charge on any atom is -0.267 e. The van der Waals surface area contributed by atoms with E-state index in [9.17, 15) is 17.6 Å². The first-order valence-electron chi connectivity index (χ1n) is 9.15. The minimum atomic E-state index is -3.51. The molecule has 1 amide bonds. The lowest BCUT2D eigenvalue weighted by Crippen LogP contribution is -2.28. The van der Waals surface area contributed by atoms with Gasteiger partial charge in [0.2, 0.25) is 10.0 Å². The summed E-state index contributed by atoms with van der Waals surface area (Å²) in [6, 6.07) is 11.7. The standard InChI is InChI=1S/C20H22FN3O3S/c1-2-19(15-5-9-17(21)10-6-15)22-23-20(25)16-7-11-18(12-8-16)28(26,27)24-13-3-4-14-24/h5-12H,2-4,13-14H2,1H3,(H,23,25)/b22-19-. The third-order valence-corrected chi connectivity index (χ3v) is 6.54. The predicted molar refractivity (Wildman–Crippen MR) is 105 cm³/mol. The molecular weight excluding hydrogens is 381 g/mol. The molecule has 2 aromatic rings. The first-order chi connectivity index (χ1) is 13.4. The molecule has 0 aromatic heterocycles. The summed E-state index contributed by atoms with van der Waals surface area (Å²) in [5, 5.41) is 4.12. The van der Waals surface area contributed by atoms with Gasteiger partial charge in [0.25, 0.3) is 5.91 Å². The quantitative estimate of drug-likeness (QED) is 0.594. The van der Waals surface area contributed by atoms with Crippen molar-refractivity contribution < 1.29 is 17.6 Å². The van der Waals surface area contributed by atoms with Gasteiger partial charge in [-0.2, -0.15) is 9.41 Å². The van der Waals surface area contributed by atoms with Gasteiger partial charge in [0.05, 0.1) is 10.6 Å². The highest BCUT2D eigenvalue weighted by atomic mass is 32.2. The summed E-state index contributed by atoms with van der Waals surface area (Å²) in [5.74, 6) is -0.787. The SMILES string of the molecule is CC/C(=N/NC(=O)c1ccc(S(=O)(=O)N2CCCC2)cc1)c1ccc(F)cc1. The number of halogens is 1. The lowest BCUT2D eigenvalue weighted by atomic mass is 10.1. The van der Waals surface area contributed by atoms with Crippen LogP contribution in [0.25, 0.3) is 0 Å². The Morgan fingerprint density at radius 2 is 1.61 bits per heavy atom. The highest BCUT2D eigenvalue weighted by molar-refractivity contribution is 7.89. The van der Waals surface area contributed by atoms with Crippen molar-refractivity contribution in [2.45, 2.75) is 31.1 Å². The van der Waals surface area contributed by atoms with Crippen molar-refractivity contribution in [3.8, 4) is 0 Å². The first-order valence-corrected chi connectivity index (χ1v) is 10.6. The number of carbonyl (C=O) groups excluding carboxylic acids is 1. The lowest BCUT2D eigenvalue weighted by molar-refractivity contribution is 0.0954. The average Bonchev–Trinajstić information content (AvgIpc) is 3.25. The van der Waals surface area contributed by atoms with Crippen LogP contribution in [0.4, 0.5) is 4.39 Å². The molecule has 2 aromatic carbocycles. The zero-order valence-electron chi connectivity index (χ0n) is 15.6. The van der Waals surface area contributed by atoms with E-state index in [0.29, 0.717) is 30.8 Å².